The molecule has 0 radical (unpaired) electrons. The van der Waals surface area contributed by atoms with Gasteiger partial charge in [-0.1, -0.05) is 18.9 Å². The van der Waals surface area contributed by atoms with Gasteiger partial charge in [-0.15, -0.1) is 16.4 Å². The first kappa shape index (κ1) is 15.2. The minimum atomic E-state index is 0.780. The molecule has 3 heterocycles. The summed E-state index contributed by atoms with van der Waals surface area (Å²) >= 11 is 1.75. The Balaban J connectivity index is 1.32. The van der Waals surface area contributed by atoms with Crippen LogP contribution in [0.4, 0.5) is 0 Å². The highest BCUT2D eigenvalue weighted by Crippen LogP contribution is 2.24. The van der Waals surface area contributed by atoms with Crippen LogP contribution in [0.3, 0.4) is 0 Å². The van der Waals surface area contributed by atoms with Crippen molar-refractivity contribution in [3.05, 3.63) is 28.2 Å². The normalized spacial score (nSPS) is 21.2. The number of nitrogens with zero attached hydrogens (tertiary/aromatic N) is 6. The highest BCUT2D eigenvalue weighted by molar-refractivity contribution is 7.09. The Morgan fingerprint density at radius 1 is 1.09 bits per heavy atom. The van der Waals surface area contributed by atoms with Gasteiger partial charge in [-0.25, -0.2) is 4.68 Å². The van der Waals surface area contributed by atoms with Gasteiger partial charge in [0.2, 0.25) is 0 Å². The van der Waals surface area contributed by atoms with Gasteiger partial charge in [0.15, 0.2) is 5.82 Å². The molecule has 1 saturated heterocycles. The zero-order valence-electron chi connectivity index (χ0n) is 13.5. The van der Waals surface area contributed by atoms with Crippen LogP contribution in [0.1, 0.15) is 36.4 Å². The van der Waals surface area contributed by atoms with Crippen molar-refractivity contribution in [2.24, 2.45) is 0 Å². The molecule has 1 saturated carbocycles. The van der Waals surface area contributed by atoms with Gasteiger partial charge in [-0.3, -0.25) is 9.80 Å². The van der Waals surface area contributed by atoms with Crippen LogP contribution < -0.4 is 0 Å². The van der Waals surface area contributed by atoms with Gasteiger partial charge in [-0.2, -0.15) is 0 Å². The summed E-state index contributed by atoms with van der Waals surface area (Å²) < 4.78 is 1.94. The first-order valence-corrected chi connectivity index (χ1v) is 9.50. The number of thiophene rings is 1. The molecule has 0 aromatic carbocycles. The molecular formula is C16H24N6S. The summed E-state index contributed by atoms with van der Waals surface area (Å²) in [5.41, 5.74) is 0. The van der Waals surface area contributed by atoms with E-state index >= 15 is 0 Å². The summed E-state index contributed by atoms with van der Waals surface area (Å²) in [5, 5.41) is 14.4. The van der Waals surface area contributed by atoms with E-state index < -0.39 is 0 Å². The average molecular weight is 332 g/mol. The second-order valence-electron chi connectivity index (χ2n) is 6.58. The minimum Gasteiger partial charge on any atom is -0.298 e. The van der Waals surface area contributed by atoms with E-state index in [0.717, 1.165) is 38.0 Å². The number of aromatic nitrogens is 4. The molecule has 7 heteroatoms. The molecule has 0 unspecified atom stereocenters. The highest BCUT2D eigenvalue weighted by atomic mass is 32.1. The minimum absolute atomic E-state index is 0.780. The number of hydrogen-bond acceptors (Lipinski definition) is 6. The molecule has 0 amide bonds. The fourth-order valence-electron chi connectivity index (χ4n) is 3.77. The van der Waals surface area contributed by atoms with Crippen LogP contribution in [0.2, 0.25) is 0 Å². The van der Waals surface area contributed by atoms with Crippen LogP contribution in [-0.2, 0) is 13.1 Å². The van der Waals surface area contributed by atoms with E-state index in [1.165, 1.54) is 43.6 Å². The predicted molar refractivity (Wildman–Crippen MR) is 90.3 cm³/mol. The lowest BCUT2D eigenvalue weighted by molar-refractivity contribution is 0.0912. The zero-order valence-corrected chi connectivity index (χ0v) is 14.3. The summed E-state index contributed by atoms with van der Waals surface area (Å²) in [5.74, 6) is 0.979. The Hall–Kier alpha value is -1.31. The van der Waals surface area contributed by atoms with Gasteiger partial charge in [0.25, 0.3) is 0 Å². The van der Waals surface area contributed by atoms with Crippen molar-refractivity contribution in [1.82, 2.24) is 30.0 Å². The Morgan fingerprint density at radius 2 is 1.91 bits per heavy atom. The molecule has 4 rings (SSSR count). The lowest BCUT2D eigenvalue weighted by Crippen LogP contribution is -2.49. The first-order valence-electron chi connectivity index (χ1n) is 8.62. The molecule has 124 valence electrons. The monoisotopic (exact) mass is 332 g/mol. The van der Waals surface area contributed by atoms with Gasteiger partial charge in [-0.05, 0) is 34.7 Å². The summed E-state index contributed by atoms with van der Waals surface area (Å²) in [4.78, 5) is 6.48. The molecule has 1 aliphatic heterocycles. The standard InChI is InChI=1S/C16H24N6S/c1-2-5-14(4-1)21-9-7-20(8-10-21)13-16-17-18-19-22(16)12-15-6-3-11-23-15/h3,6,11,14H,1-2,4-5,7-10,12-13H2. The van der Waals surface area contributed by atoms with Crippen molar-refractivity contribution in [2.45, 2.75) is 44.8 Å². The van der Waals surface area contributed by atoms with Crippen molar-refractivity contribution in [1.29, 1.82) is 0 Å². The maximum atomic E-state index is 4.24. The molecule has 6 nitrogen and oxygen atoms in total. The topological polar surface area (TPSA) is 50.1 Å². The van der Waals surface area contributed by atoms with Gasteiger partial charge >= 0.3 is 0 Å². The van der Waals surface area contributed by atoms with Crippen molar-refractivity contribution in [3.63, 3.8) is 0 Å². The van der Waals surface area contributed by atoms with Gasteiger partial charge in [0, 0.05) is 37.1 Å². The molecule has 0 atom stereocenters. The number of rotatable bonds is 5. The van der Waals surface area contributed by atoms with Crippen LogP contribution in [0.5, 0.6) is 0 Å². The Morgan fingerprint density at radius 3 is 2.65 bits per heavy atom. The molecule has 2 aromatic heterocycles. The largest absolute Gasteiger partial charge is 0.298 e. The van der Waals surface area contributed by atoms with Crippen molar-refractivity contribution < 1.29 is 0 Å². The number of tetrazole rings is 1. The molecule has 2 aliphatic rings. The molecule has 23 heavy (non-hydrogen) atoms. The third kappa shape index (κ3) is 3.62. The van der Waals surface area contributed by atoms with Crippen molar-refractivity contribution >= 4 is 11.3 Å². The third-order valence-corrected chi connectivity index (χ3v) is 5.97. The molecule has 2 fully saturated rings. The van der Waals surface area contributed by atoms with Crippen LogP contribution in [0.15, 0.2) is 17.5 Å². The van der Waals surface area contributed by atoms with E-state index in [9.17, 15) is 0 Å². The quantitative estimate of drug-likeness (QED) is 0.836. The van der Waals surface area contributed by atoms with Crippen LogP contribution in [-0.4, -0.2) is 62.2 Å². The summed E-state index contributed by atoms with van der Waals surface area (Å²) in [6.07, 6.45) is 5.64. The lowest BCUT2D eigenvalue weighted by atomic mass is 10.2. The third-order valence-electron chi connectivity index (χ3n) is 5.10. The molecule has 1 aliphatic carbocycles. The maximum Gasteiger partial charge on any atom is 0.165 e. The van der Waals surface area contributed by atoms with Gasteiger partial charge < -0.3 is 0 Å². The zero-order chi connectivity index (χ0) is 15.5. The van der Waals surface area contributed by atoms with E-state index in [-0.39, 0.29) is 0 Å². The Bertz CT molecular complexity index is 596. The highest BCUT2D eigenvalue weighted by Gasteiger charge is 2.26. The van der Waals surface area contributed by atoms with E-state index in [1.807, 2.05) is 4.68 Å². The van der Waals surface area contributed by atoms with E-state index in [0.29, 0.717) is 0 Å². The first-order chi connectivity index (χ1) is 11.4. The van der Waals surface area contributed by atoms with Gasteiger partial charge in [0.05, 0.1) is 13.1 Å². The van der Waals surface area contributed by atoms with Crippen LogP contribution in [0.25, 0.3) is 0 Å². The SMILES string of the molecule is c1csc(Cn2nnnc2CN2CCN(C3CCCC3)CC2)c1. The van der Waals surface area contributed by atoms with E-state index in [1.54, 1.807) is 11.3 Å². The Kier molecular flexibility index (Phi) is 4.68. The maximum absolute atomic E-state index is 4.24. The summed E-state index contributed by atoms with van der Waals surface area (Å²) in [6, 6.07) is 5.06. The second kappa shape index (κ2) is 7.07. The molecular weight excluding hydrogens is 308 g/mol. The predicted octanol–water partition coefficient (Wildman–Crippen LogP) is 1.84. The van der Waals surface area contributed by atoms with Crippen LogP contribution >= 0.6 is 11.3 Å². The van der Waals surface area contributed by atoms with Gasteiger partial charge in [0.1, 0.15) is 0 Å². The number of piperazine rings is 1. The van der Waals surface area contributed by atoms with Crippen LogP contribution in [0, 0.1) is 0 Å². The number of hydrogen-bond donors (Lipinski definition) is 0. The van der Waals surface area contributed by atoms with E-state index in [2.05, 4.69) is 42.8 Å². The molecule has 2 aromatic rings. The van der Waals surface area contributed by atoms with Crippen molar-refractivity contribution in [3.8, 4) is 0 Å². The Labute approximate surface area is 141 Å². The average Bonchev–Trinajstić information content (AvgIpc) is 3.32. The smallest absolute Gasteiger partial charge is 0.165 e. The fraction of sp³-hybridized carbons (Fsp3) is 0.688. The molecule has 0 bridgehead atoms. The second-order valence-corrected chi connectivity index (χ2v) is 7.61. The van der Waals surface area contributed by atoms with E-state index in [4.69, 9.17) is 0 Å². The molecule has 0 spiro atoms. The van der Waals surface area contributed by atoms with Crippen molar-refractivity contribution in [2.75, 3.05) is 26.2 Å². The lowest BCUT2D eigenvalue weighted by Gasteiger charge is -2.37. The molecule has 0 N–H and O–H groups in total. The fourth-order valence-corrected chi connectivity index (χ4v) is 4.45. The summed E-state index contributed by atoms with van der Waals surface area (Å²) in [7, 11) is 0. The summed E-state index contributed by atoms with van der Waals surface area (Å²) in [6.45, 7) is 6.28.